The number of halogens is 1. The summed E-state index contributed by atoms with van der Waals surface area (Å²) >= 11 is 0. The summed E-state index contributed by atoms with van der Waals surface area (Å²) in [6, 6.07) is 10.1. The van der Waals surface area contributed by atoms with E-state index in [4.69, 9.17) is 9.73 Å². The van der Waals surface area contributed by atoms with E-state index < -0.39 is 0 Å². The summed E-state index contributed by atoms with van der Waals surface area (Å²) in [6.07, 6.45) is 3.42. The van der Waals surface area contributed by atoms with Crippen LogP contribution in [-0.4, -0.2) is 53.5 Å². The summed E-state index contributed by atoms with van der Waals surface area (Å²) in [5.41, 5.74) is 2.10. The van der Waals surface area contributed by atoms with E-state index in [9.17, 15) is 4.79 Å². The van der Waals surface area contributed by atoms with Crippen LogP contribution in [0.25, 0.3) is 11.3 Å². The second-order valence-electron chi connectivity index (χ2n) is 6.56. The van der Waals surface area contributed by atoms with Gasteiger partial charge in [0.25, 0.3) is 0 Å². The van der Waals surface area contributed by atoms with Crippen molar-refractivity contribution in [3.05, 3.63) is 42.4 Å². The van der Waals surface area contributed by atoms with Crippen LogP contribution in [0.3, 0.4) is 0 Å². The van der Waals surface area contributed by atoms with Gasteiger partial charge in [-0.05, 0) is 25.3 Å². The number of H-pyrrole nitrogens is 1. The minimum Gasteiger partial charge on any atom is -0.469 e. The van der Waals surface area contributed by atoms with Gasteiger partial charge in [0.15, 0.2) is 5.96 Å². The second kappa shape index (κ2) is 11.0. The highest BCUT2D eigenvalue weighted by Gasteiger charge is 2.26. The Kier molecular flexibility index (Phi) is 8.75. The highest BCUT2D eigenvalue weighted by atomic mass is 127. The van der Waals surface area contributed by atoms with Crippen molar-refractivity contribution in [2.75, 3.05) is 26.7 Å². The van der Waals surface area contributed by atoms with E-state index in [2.05, 4.69) is 39.2 Å². The minimum atomic E-state index is -0.111. The van der Waals surface area contributed by atoms with Crippen LogP contribution in [-0.2, 0) is 16.1 Å². The molecule has 28 heavy (non-hydrogen) atoms. The highest BCUT2D eigenvalue weighted by molar-refractivity contribution is 14.0. The molecule has 2 N–H and O–H groups in total. The number of benzene rings is 1. The molecule has 1 fully saturated rings. The fourth-order valence-electron chi connectivity index (χ4n) is 3.28. The van der Waals surface area contributed by atoms with Gasteiger partial charge in [-0.2, -0.15) is 0 Å². The van der Waals surface area contributed by atoms with Crippen LogP contribution < -0.4 is 5.32 Å². The highest BCUT2D eigenvalue weighted by Crippen LogP contribution is 2.19. The lowest BCUT2D eigenvalue weighted by molar-refractivity contribution is -0.146. The molecule has 0 unspecified atom stereocenters. The van der Waals surface area contributed by atoms with Crippen LogP contribution in [0.15, 0.2) is 41.5 Å². The number of guanidine groups is 1. The van der Waals surface area contributed by atoms with E-state index in [1.54, 1.807) is 0 Å². The molecule has 0 amide bonds. The quantitative estimate of drug-likeness (QED) is 0.287. The Morgan fingerprint density at radius 2 is 2.04 bits per heavy atom. The molecule has 8 heteroatoms. The lowest BCUT2D eigenvalue weighted by Crippen LogP contribution is -2.46. The first kappa shape index (κ1) is 22.2. The zero-order valence-corrected chi connectivity index (χ0v) is 18.7. The number of piperidine rings is 1. The van der Waals surface area contributed by atoms with E-state index in [0.717, 1.165) is 55.5 Å². The number of hydrogen-bond donors (Lipinski definition) is 2. The number of nitrogens with zero attached hydrogens (tertiary/aromatic N) is 3. The van der Waals surface area contributed by atoms with Crippen molar-refractivity contribution in [1.29, 1.82) is 0 Å². The predicted molar refractivity (Wildman–Crippen MR) is 121 cm³/mol. The molecule has 1 saturated heterocycles. The third-order valence-electron chi connectivity index (χ3n) is 4.76. The second-order valence-corrected chi connectivity index (χ2v) is 6.56. The molecule has 1 aromatic heterocycles. The number of aromatic nitrogens is 2. The van der Waals surface area contributed by atoms with Crippen LogP contribution >= 0.6 is 24.0 Å². The van der Waals surface area contributed by atoms with Gasteiger partial charge in [-0.1, -0.05) is 30.3 Å². The number of nitrogens with one attached hydrogen (secondary N) is 2. The molecule has 3 rings (SSSR count). The van der Waals surface area contributed by atoms with Gasteiger partial charge >= 0.3 is 5.97 Å². The van der Waals surface area contributed by atoms with Crippen molar-refractivity contribution in [1.82, 2.24) is 20.2 Å². The Bertz CT molecular complexity index is 770. The molecule has 2 heterocycles. The van der Waals surface area contributed by atoms with Gasteiger partial charge in [0.05, 0.1) is 24.9 Å². The zero-order valence-electron chi connectivity index (χ0n) is 16.4. The lowest BCUT2D eigenvalue weighted by atomic mass is 9.97. The molecule has 0 atom stereocenters. The van der Waals surface area contributed by atoms with Crippen LogP contribution in [0.4, 0.5) is 0 Å². The smallest absolute Gasteiger partial charge is 0.308 e. The van der Waals surface area contributed by atoms with Crippen molar-refractivity contribution in [2.45, 2.75) is 26.3 Å². The number of rotatable bonds is 5. The van der Waals surface area contributed by atoms with Gasteiger partial charge < -0.3 is 19.9 Å². The Balaban J connectivity index is 0.00000280. The predicted octanol–water partition coefficient (Wildman–Crippen LogP) is 3.05. The van der Waals surface area contributed by atoms with Crippen molar-refractivity contribution in [3.8, 4) is 11.3 Å². The molecule has 152 valence electrons. The van der Waals surface area contributed by atoms with Gasteiger partial charge in [-0.15, -0.1) is 24.0 Å². The van der Waals surface area contributed by atoms with Crippen LogP contribution in [0.1, 0.15) is 25.6 Å². The topological polar surface area (TPSA) is 82.6 Å². The number of carbonyl (C=O) groups excluding carboxylic acids is 1. The van der Waals surface area contributed by atoms with E-state index in [0.29, 0.717) is 6.54 Å². The molecule has 0 spiro atoms. The first-order valence-electron chi connectivity index (χ1n) is 9.41. The first-order valence-corrected chi connectivity index (χ1v) is 9.41. The van der Waals surface area contributed by atoms with Crippen molar-refractivity contribution >= 4 is 35.9 Å². The number of aromatic amines is 1. The molecule has 7 nitrogen and oxygen atoms in total. The fourth-order valence-corrected chi connectivity index (χ4v) is 3.28. The molecule has 1 aromatic carbocycles. The van der Waals surface area contributed by atoms with Gasteiger partial charge in [-0.3, -0.25) is 4.79 Å². The number of carbonyl (C=O) groups is 1. The van der Waals surface area contributed by atoms with E-state index in [-0.39, 0.29) is 35.9 Å². The molecular formula is C20H28IN5O2. The third kappa shape index (κ3) is 5.70. The number of esters is 1. The maximum Gasteiger partial charge on any atom is 0.308 e. The van der Waals surface area contributed by atoms with E-state index in [1.165, 1.54) is 7.11 Å². The molecule has 2 aromatic rings. The van der Waals surface area contributed by atoms with Crippen molar-refractivity contribution in [3.63, 3.8) is 0 Å². The fraction of sp³-hybridized carbons (Fsp3) is 0.450. The number of methoxy groups -OCH3 is 1. The van der Waals surface area contributed by atoms with Crippen LogP contribution in [0.5, 0.6) is 0 Å². The number of ether oxygens (including phenoxy) is 1. The molecular weight excluding hydrogens is 469 g/mol. The average Bonchev–Trinajstić information content (AvgIpc) is 3.20. The van der Waals surface area contributed by atoms with Gasteiger partial charge in [0.1, 0.15) is 12.4 Å². The lowest BCUT2D eigenvalue weighted by Gasteiger charge is -2.33. The van der Waals surface area contributed by atoms with Crippen LogP contribution in [0, 0.1) is 5.92 Å². The number of aliphatic imine (C=N–C) groups is 1. The van der Waals surface area contributed by atoms with E-state index >= 15 is 0 Å². The SMILES string of the molecule is CCNC(=NCc1ncc(-c2ccccc2)[nH]1)N1CCC(C(=O)OC)CC1.I. The van der Waals surface area contributed by atoms with Crippen LogP contribution in [0.2, 0.25) is 0 Å². The van der Waals surface area contributed by atoms with Gasteiger partial charge in [0.2, 0.25) is 0 Å². The number of imidazole rings is 1. The standard InChI is InChI=1S/C20H27N5O2.HI/c1-3-21-20(25-11-9-16(10-12-25)19(26)27-2)23-14-18-22-13-17(24-18)15-7-5-4-6-8-15;/h4-8,13,16H,3,9-12,14H2,1-2H3,(H,21,23)(H,22,24);1H. The molecule has 0 saturated carbocycles. The summed E-state index contributed by atoms with van der Waals surface area (Å²) < 4.78 is 4.86. The normalized spacial score (nSPS) is 15.1. The summed E-state index contributed by atoms with van der Waals surface area (Å²) in [5.74, 6) is 1.57. The Morgan fingerprint density at radius 3 is 2.68 bits per heavy atom. The number of hydrogen-bond acceptors (Lipinski definition) is 4. The summed E-state index contributed by atoms with van der Waals surface area (Å²) in [5, 5.41) is 3.34. The summed E-state index contributed by atoms with van der Waals surface area (Å²) in [6.45, 7) is 4.91. The zero-order chi connectivity index (χ0) is 19.1. The Hall–Kier alpha value is -2.10. The first-order chi connectivity index (χ1) is 13.2. The Morgan fingerprint density at radius 1 is 1.32 bits per heavy atom. The maximum absolute atomic E-state index is 11.7. The van der Waals surface area contributed by atoms with Gasteiger partial charge in [-0.25, -0.2) is 9.98 Å². The van der Waals surface area contributed by atoms with Gasteiger partial charge in [0, 0.05) is 19.6 Å². The third-order valence-corrected chi connectivity index (χ3v) is 4.76. The molecule has 0 radical (unpaired) electrons. The molecule has 0 aliphatic carbocycles. The van der Waals surface area contributed by atoms with E-state index in [1.807, 2.05) is 24.4 Å². The monoisotopic (exact) mass is 497 g/mol. The average molecular weight is 497 g/mol. The largest absolute Gasteiger partial charge is 0.469 e. The molecule has 1 aliphatic rings. The summed E-state index contributed by atoms with van der Waals surface area (Å²) in [4.78, 5) is 26.4. The van der Waals surface area contributed by atoms with Crippen molar-refractivity contribution in [2.24, 2.45) is 10.9 Å². The minimum absolute atomic E-state index is 0. The number of likely N-dealkylation sites (tertiary alicyclic amines) is 1. The molecule has 0 bridgehead atoms. The molecule has 1 aliphatic heterocycles. The maximum atomic E-state index is 11.7. The summed E-state index contributed by atoms with van der Waals surface area (Å²) in [7, 11) is 1.45. The Labute approximate surface area is 183 Å². The van der Waals surface area contributed by atoms with Crippen molar-refractivity contribution < 1.29 is 9.53 Å².